The molecule has 4 heterocycles. The fourth-order valence-electron chi connectivity index (χ4n) is 4.08. The molecule has 1 saturated heterocycles. The molecule has 3 aromatic heterocycles. The van der Waals surface area contributed by atoms with Gasteiger partial charge in [-0.1, -0.05) is 23.4 Å². The van der Waals surface area contributed by atoms with Crippen molar-refractivity contribution in [2.24, 2.45) is 0 Å². The molecule has 1 aliphatic carbocycles. The van der Waals surface area contributed by atoms with E-state index in [1.165, 1.54) is 0 Å². The van der Waals surface area contributed by atoms with E-state index in [-0.39, 0.29) is 23.6 Å². The summed E-state index contributed by atoms with van der Waals surface area (Å²) in [7, 11) is 0. The minimum atomic E-state index is -0.339. The maximum Gasteiger partial charge on any atom is 0.410 e. The predicted octanol–water partition coefficient (Wildman–Crippen LogP) is 4.38. The number of aromatic nitrogens is 4. The Morgan fingerprint density at radius 2 is 2.09 bits per heavy atom. The van der Waals surface area contributed by atoms with E-state index in [9.17, 15) is 9.59 Å². The number of rotatable bonds is 5. The second-order valence-corrected chi connectivity index (χ2v) is 9.33. The number of pyridine rings is 1. The minimum Gasteiger partial charge on any atom is -0.443 e. The van der Waals surface area contributed by atoms with Crippen molar-refractivity contribution < 1.29 is 18.8 Å². The molecule has 2 aliphatic rings. The van der Waals surface area contributed by atoms with Crippen molar-refractivity contribution in [3.63, 3.8) is 0 Å². The van der Waals surface area contributed by atoms with Gasteiger partial charge in [-0.05, 0) is 56.9 Å². The van der Waals surface area contributed by atoms with E-state index in [0.717, 1.165) is 24.8 Å². The zero-order valence-electron chi connectivity index (χ0n) is 19.4. The summed E-state index contributed by atoms with van der Waals surface area (Å²) in [5, 5.41) is 7.08. The van der Waals surface area contributed by atoms with Crippen LogP contribution in [0, 0.1) is 6.92 Å². The SMILES string of the molecule is Cc1ccc(-c2noc(C3CCN3C(=O)OC3(C)CC3)n2)cc1NC(=O)c1cnc2ccccn12. The monoisotopic (exact) mass is 472 g/mol. The number of hydrogen-bond acceptors (Lipinski definition) is 7. The van der Waals surface area contributed by atoms with Crippen molar-refractivity contribution >= 4 is 23.3 Å². The number of carbonyl (C=O) groups excluding carboxylic acids is 2. The highest BCUT2D eigenvalue weighted by Gasteiger charge is 2.46. The molecule has 10 nitrogen and oxygen atoms in total. The zero-order chi connectivity index (χ0) is 24.2. The molecule has 1 atom stereocenters. The molecule has 1 aliphatic heterocycles. The van der Waals surface area contributed by atoms with E-state index in [1.807, 2.05) is 50.2 Å². The van der Waals surface area contributed by atoms with Gasteiger partial charge < -0.3 is 14.6 Å². The lowest BCUT2D eigenvalue weighted by atomic mass is 10.0. The Balaban J connectivity index is 1.20. The van der Waals surface area contributed by atoms with Crippen LogP contribution in [0.15, 0.2) is 53.3 Å². The molecular weight excluding hydrogens is 448 g/mol. The molecule has 1 N–H and O–H groups in total. The molecule has 0 radical (unpaired) electrons. The maximum absolute atomic E-state index is 13.0. The smallest absolute Gasteiger partial charge is 0.410 e. The van der Waals surface area contributed by atoms with E-state index in [0.29, 0.717) is 40.9 Å². The number of ether oxygens (including phenoxy) is 1. The van der Waals surface area contributed by atoms with Crippen LogP contribution in [-0.4, -0.2) is 48.6 Å². The first-order valence-electron chi connectivity index (χ1n) is 11.6. The molecular formula is C25H24N6O4. The van der Waals surface area contributed by atoms with Crippen molar-refractivity contribution in [2.75, 3.05) is 11.9 Å². The first-order valence-corrected chi connectivity index (χ1v) is 11.6. The number of aryl methyl sites for hydroxylation is 1. The Morgan fingerprint density at radius 3 is 2.86 bits per heavy atom. The van der Waals surface area contributed by atoms with E-state index in [1.54, 1.807) is 21.7 Å². The Kier molecular flexibility index (Phi) is 4.84. The summed E-state index contributed by atoms with van der Waals surface area (Å²) in [5.74, 6) is 0.492. The van der Waals surface area contributed by atoms with Crippen molar-refractivity contribution in [3.8, 4) is 11.4 Å². The average Bonchev–Trinajstić information content (AvgIpc) is 3.20. The van der Waals surface area contributed by atoms with Gasteiger partial charge in [0.2, 0.25) is 11.7 Å². The summed E-state index contributed by atoms with van der Waals surface area (Å²) < 4.78 is 12.8. The van der Waals surface area contributed by atoms with Gasteiger partial charge in [0.25, 0.3) is 5.91 Å². The van der Waals surface area contributed by atoms with Gasteiger partial charge in [-0.2, -0.15) is 4.98 Å². The first kappa shape index (κ1) is 21.3. The highest BCUT2D eigenvalue weighted by molar-refractivity contribution is 6.04. The van der Waals surface area contributed by atoms with Crippen molar-refractivity contribution in [1.82, 2.24) is 24.4 Å². The highest BCUT2D eigenvalue weighted by Crippen LogP contribution is 2.41. The summed E-state index contributed by atoms with van der Waals surface area (Å²) in [6.45, 7) is 4.45. The van der Waals surface area contributed by atoms with Crippen LogP contribution in [0.1, 0.15) is 54.2 Å². The molecule has 0 bridgehead atoms. The Labute approximate surface area is 200 Å². The van der Waals surface area contributed by atoms with Gasteiger partial charge in [0, 0.05) is 24.0 Å². The van der Waals surface area contributed by atoms with Gasteiger partial charge in [-0.15, -0.1) is 0 Å². The molecule has 1 unspecified atom stereocenters. The largest absolute Gasteiger partial charge is 0.443 e. The number of hydrogen-bond donors (Lipinski definition) is 1. The Morgan fingerprint density at radius 1 is 1.23 bits per heavy atom. The normalized spacial score (nSPS) is 18.2. The molecule has 2 fully saturated rings. The van der Waals surface area contributed by atoms with E-state index >= 15 is 0 Å². The molecule has 6 rings (SSSR count). The number of carbonyl (C=O) groups is 2. The molecule has 35 heavy (non-hydrogen) atoms. The van der Waals surface area contributed by atoms with Crippen LogP contribution < -0.4 is 5.32 Å². The second-order valence-electron chi connectivity index (χ2n) is 9.33. The van der Waals surface area contributed by atoms with Gasteiger partial charge in [0.1, 0.15) is 23.0 Å². The Hall–Kier alpha value is -4.21. The lowest BCUT2D eigenvalue weighted by Gasteiger charge is -2.38. The third-order valence-electron chi connectivity index (χ3n) is 6.66. The molecule has 178 valence electrons. The van der Waals surface area contributed by atoms with Gasteiger partial charge in [0.05, 0.1) is 6.20 Å². The summed E-state index contributed by atoms with van der Waals surface area (Å²) in [4.78, 5) is 35.9. The zero-order valence-corrected chi connectivity index (χ0v) is 19.4. The lowest BCUT2D eigenvalue weighted by Crippen LogP contribution is -2.46. The number of nitrogens with zero attached hydrogens (tertiary/aromatic N) is 5. The molecule has 10 heteroatoms. The van der Waals surface area contributed by atoms with Gasteiger partial charge in [0.15, 0.2) is 0 Å². The summed E-state index contributed by atoms with van der Waals surface area (Å²) in [6.07, 6.45) is 5.53. The first-order chi connectivity index (χ1) is 16.9. The number of anilines is 1. The maximum atomic E-state index is 13.0. The number of amides is 2. The van der Waals surface area contributed by atoms with Crippen molar-refractivity contribution in [2.45, 2.75) is 44.8 Å². The van der Waals surface area contributed by atoms with Crippen molar-refractivity contribution in [3.05, 3.63) is 65.9 Å². The predicted molar refractivity (Wildman–Crippen MR) is 126 cm³/mol. The third-order valence-corrected chi connectivity index (χ3v) is 6.66. The van der Waals surface area contributed by atoms with Crippen LogP contribution in [0.4, 0.5) is 10.5 Å². The Bertz CT molecular complexity index is 1450. The fraction of sp³-hybridized carbons (Fsp3) is 0.320. The van der Waals surface area contributed by atoms with E-state index in [2.05, 4.69) is 20.4 Å². The number of likely N-dealkylation sites (tertiary alicyclic amines) is 1. The standard InChI is InChI=1S/C25H24N6O4/c1-15-6-7-16(13-17(15)27-22(32)19-14-26-20-5-3-4-11-30(19)20)21-28-23(35-29-21)18-8-12-31(18)24(33)34-25(2)9-10-25/h3-7,11,13-14,18H,8-10,12H2,1-2H3,(H,27,32). The summed E-state index contributed by atoms with van der Waals surface area (Å²) in [5.41, 5.74) is 3.02. The number of nitrogens with one attached hydrogen (secondary N) is 1. The quantitative estimate of drug-likeness (QED) is 0.458. The van der Waals surface area contributed by atoms with E-state index in [4.69, 9.17) is 9.26 Å². The van der Waals surface area contributed by atoms with Gasteiger partial charge in [-0.25, -0.2) is 9.78 Å². The van der Waals surface area contributed by atoms with Crippen molar-refractivity contribution in [1.29, 1.82) is 0 Å². The van der Waals surface area contributed by atoms with Gasteiger partial charge >= 0.3 is 6.09 Å². The lowest BCUT2D eigenvalue weighted by molar-refractivity contribution is 0.00959. The topological polar surface area (TPSA) is 115 Å². The highest BCUT2D eigenvalue weighted by atomic mass is 16.6. The molecule has 2 amide bonds. The van der Waals surface area contributed by atoms with Crippen LogP contribution in [0.2, 0.25) is 0 Å². The molecule has 0 spiro atoms. The fourth-order valence-corrected chi connectivity index (χ4v) is 4.08. The van der Waals surface area contributed by atoms with Crippen LogP contribution in [0.5, 0.6) is 0 Å². The van der Waals surface area contributed by atoms with Crippen LogP contribution in [0.25, 0.3) is 17.0 Å². The van der Waals surface area contributed by atoms with Crippen LogP contribution >= 0.6 is 0 Å². The summed E-state index contributed by atoms with van der Waals surface area (Å²) in [6, 6.07) is 10.8. The average molecular weight is 473 g/mol. The van der Waals surface area contributed by atoms with Crippen LogP contribution in [-0.2, 0) is 4.74 Å². The number of benzene rings is 1. The molecule has 1 aromatic carbocycles. The summed E-state index contributed by atoms with van der Waals surface area (Å²) >= 11 is 0. The third kappa shape index (κ3) is 3.90. The second kappa shape index (κ2) is 7.93. The van der Waals surface area contributed by atoms with Gasteiger partial charge in [-0.3, -0.25) is 14.1 Å². The number of imidazole rings is 1. The molecule has 4 aromatic rings. The van der Waals surface area contributed by atoms with E-state index < -0.39 is 0 Å². The molecule has 1 saturated carbocycles. The van der Waals surface area contributed by atoms with Crippen LogP contribution in [0.3, 0.4) is 0 Å². The number of fused-ring (bicyclic) bond motifs is 1. The minimum absolute atomic E-state index is 0.272.